The highest BCUT2D eigenvalue weighted by atomic mass is 16.5. The van der Waals surface area contributed by atoms with Crippen LogP contribution in [0.25, 0.3) is 0 Å². The topological polar surface area (TPSA) is 12.5 Å². The Morgan fingerprint density at radius 3 is 2.43 bits per heavy atom. The van der Waals surface area contributed by atoms with Gasteiger partial charge in [0.25, 0.3) is 0 Å². The molecule has 0 saturated carbocycles. The second kappa shape index (κ2) is 3.82. The van der Waals surface area contributed by atoms with Gasteiger partial charge in [-0.25, -0.2) is 0 Å². The molecule has 82 valence electrons. The second-order valence-corrected chi connectivity index (χ2v) is 4.99. The lowest BCUT2D eigenvalue weighted by atomic mass is 9.67. The van der Waals surface area contributed by atoms with Crippen molar-refractivity contribution in [2.45, 2.75) is 38.6 Å². The van der Waals surface area contributed by atoms with Gasteiger partial charge in [-0.1, -0.05) is 26.7 Å². The molecule has 2 saturated heterocycles. The van der Waals surface area contributed by atoms with E-state index in [2.05, 4.69) is 25.8 Å². The third-order valence-corrected chi connectivity index (χ3v) is 4.52. The van der Waals surface area contributed by atoms with E-state index in [4.69, 9.17) is 4.74 Å². The van der Waals surface area contributed by atoms with Gasteiger partial charge < -0.3 is 4.74 Å². The van der Waals surface area contributed by atoms with Gasteiger partial charge in [-0.15, -0.1) is 0 Å². The molecular weight excluding hydrogens is 174 g/mol. The number of hydrogen-bond acceptors (Lipinski definition) is 2. The standard InChI is InChI=1S/C12H23NO/c1-4-10-6-7-13(3)12(8-14-9-12)11(10)5-2/h10-11H,4-9H2,1-3H3. The number of likely N-dealkylation sites (N-methyl/N-ethyl adjacent to an activating group) is 1. The highest BCUT2D eigenvalue weighted by Gasteiger charge is 2.52. The Balaban J connectivity index is 2.16. The van der Waals surface area contributed by atoms with Crippen LogP contribution in [0.2, 0.25) is 0 Å². The molecule has 0 aromatic rings. The molecule has 2 atom stereocenters. The van der Waals surface area contributed by atoms with E-state index in [1.54, 1.807) is 0 Å². The largest absolute Gasteiger partial charge is 0.377 e. The first-order chi connectivity index (χ1) is 6.74. The third kappa shape index (κ3) is 1.31. The lowest BCUT2D eigenvalue weighted by molar-refractivity contribution is -0.190. The van der Waals surface area contributed by atoms with Crippen molar-refractivity contribution in [2.75, 3.05) is 26.8 Å². The summed E-state index contributed by atoms with van der Waals surface area (Å²) in [5.74, 6) is 1.79. The van der Waals surface area contributed by atoms with Crippen molar-refractivity contribution in [3.63, 3.8) is 0 Å². The summed E-state index contributed by atoms with van der Waals surface area (Å²) in [4.78, 5) is 2.55. The molecule has 0 aromatic carbocycles. The summed E-state index contributed by atoms with van der Waals surface area (Å²) >= 11 is 0. The first-order valence-electron chi connectivity index (χ1n) is 6.03. The number of nitrogens with zero attached hydrogens (tertiary/aromatic N) is 1. The molecule has 0 bridgehead atoms. The Kier molecular flexibility index (Phi) is 2.85. The average molecular weight is 197 g/mol. The molecule has 0 aliphatic carbocycles. The van der Waals surface area contributed by atoms with E-state index >= 15 is 0 Å². The van der Waals surface area contributed by atoms with Gasteiger partial charge >= 0.3 is 0 Å². The molecular formula is C12H23NO. The van der Waals surface area contributed by atoms with Crippen molar-refractivity contribution in [1.82, 2.24) is 4.90 Å². The van der Waals surface area contributed by atoms with Crippen LogP contribution in [0.5, 0.6) is 0 Å². The molecule has 2 unspecified atom stereocenters. The normalized spacial score (nSPS) is 37.1. The van der Waals surface area contributed by atoms with E-state index in [0.29, 0.717) is 5.54 Å². The molecule has 2 nitrogen and oxygen atoms in total. The van der Waals surface area contributed by atoms with E-state index in [9.17, 15) is 0 Å². The number of piperidine rings is 1. The predicted octanol–water partition coefficient (Wildman–Crippen LogP) is 2.14. The Bertz CT molecular complexity index is 200. The van der Waals surface area contributed by atoms with Crippen LogP contribution in [-0.2, 0) is 4.74 Å². The molecule has 1 spiro atoms. The molecule has 2 heterocycles. The van der Waals surface area contributed by atoms with Crippen LogP contribution < -0.4 is 0 Å². The van der Waals surface area contributed by atoms with Crippen molar-refractivity contribution in [3.05, 3.63) is 0 Å². The number of hydrogen-bond donors (Lipinski definition) is 0. The van der Waals surface area contributed by atoms with Gasteiger partial charge in [0.2, 0.25) is 0 Å². The van der Waals surface area contributed by atoms with E-state index in [1.807, 2.05) is 0 Å². The minimum absolute atomic E-state index is 0.410. The van der Waals surface area contributed by atoms with Crippen LogP contribution in [0.4, 0.5) is 0 Å². The number of rotatable bonds is 2. The summed E-state index contributed by atoms with van der Waals surface area (Å²) in [7, 11) is 2.27. The van der Waals surface area contributed by atoms with Crippen LogP contribution >= 0.6 is 0 Å². The molecule has 2 aliphatic heterocycles. The average Bonchev–Trinajstić information content (AvgIpc) is 2.14. The molecule has 2 heteroatoms. The maximum Gasteiger partial charge on any atom is 0.0707 e. The van der Waals surface area contributed by atoms with Crippen molar-refractivity contribution in [1.29, 1.82) is 0 Å². The summed E-state index contributed by atoms with van der Waals surface area (Å²) in [5, 5.41) is 0. The van der Waals surface area contributed by atoms with Gasteiger partial charge in [-0.05, 0) is 31.8 Å². The lowest BCUT2D eigenvalue weighted by Gasteiger charge is -2.58. The van der Waals surface area contributed by atoms with E-state index in [0.717, 1.165) is 25.0 Å². The third-order valence-electron chi connectivity index (χ3n) is 4.52. The van der Waals surface area contributed by atoms with Gasteiger partial charge in [0, 0.05) is 0 Å². The minimum atomic E-state index is 0.410. The first kappa shape index (κ1) is 10.4. The van der Waals surface area contributed by atoms with Crippen molar-refractivity contribution < 1.29 is 4.74 Å². The van der Waals surface area contributed by atoms with Crippen LogP contribution in [0, 0.1) is 11.8 Å². The minimum Gasteiger partial charge on any atom is -0.377 e. The summed E-state index contributed by atoms with van der Waals surface area (Å²) in [6.07, 6.45) is 4.04. The fraction of sp³-hybridized carbons (Fsp3) is 1.00. The van der Waals surface area contributed by atoms with E-state index < -0.39 is 0 Å². The fourth-order valence-corrected chi connectivity index (χ4v) is 3.45. The van der Waals surface area contributed by atoms with E-state index in [1.165, 1.54) is 25.8 Å². The maximum atomic E-state index is 5.47. The van der Waals surface area contributed by atoms with Crippen LogP contribution in [-0.4, -0.2) is 37.2 Å². The zero-order valence-corrected chi connectivity index (χ0v) is 9.75. The summed E-state index contributed by atoms with van der Waals surface area (Å²) in [5.41, 5.74) is 0.410. The zero-order valence-electron chi connectivity index (χ0n) is 9.75. The zero-order chi connectivity index (χ0) is 10.2. The molecule has 0 amide bonds. The van der Waals surface area contributed by atoms with Gasteiger partial charge in [0.15, 0.2) is 0 Å². The van der Waals surface area contributed by atoms with Gasteiger partial charge in [0.05, 0.1) is 18.8 Å². The number of likely N-dealkylation sites (tertiary alicyclic amines) is 1. The van der Waals surface area contributed by atoms with Gasteiger partial charge in [-0.3, -0.25) is 4.90 Å². The van der Waals surface area contributed by atoms with E-state index in [-0.39, 0.29) is 0 Å². The van der Waals surface area contributed by atoms with Gasteiger partial charge in [-0.2, -0.15) is 0 Å². The Morgan fingerprint density at radius 1 is 1.29 bits per heavy atom. The monoisotopic (exact) mass is 197 g/mol. The molecule has 2 fully saturated rings. The smallest absolute Gasteiger partial charge is 0.0707 e. The van der Waals surface area contributed by atoms with Crippen LogP contribution in [0.1, 0.15) is 33.1 Å². The Labute approximate surface area is 87.6 Å². The summed E-state index contributed by atoms with van der Waals surface area (Å²) in [6, 6.07) is 0. The summed E-state index contributed by atoms with van der Waals surface area (Å²) in [6.45, 7) is 7.88. The van der Waals surface area contributed by atoms with Crippen molar-refractivity contribution in [3.8, 4) is 0 Å². The highest BCUT2D eigenvalue weighted by molar-refractivity contribution is 5.05. The first-order valence-corrected chi connectivity index (χ1v) is 6.03. The van der Waals surface area contributed by atoms with Crippen LogP contribution in [0.15, 0.2) is 0 Å². The van der Waals surface area contributed by atoms with Crippen molar-refractivity contribution >= 4 is 0 Å². The molecule has 2 aliphatic rings. The molecule has 0 N–H and O–H groups in total. The van der Waals surface area contributed by atoms with Crippen molar-refractivity contribution in [2.24, 2.45) is 11.8 Å². The summed E-state index contributed by atoms with van der Waals surface area (Å²) < 4.78 is 5.47. The Morgan fingerprint density at radius 2 is 2.00 bits per heavy atom. The predicted molar refractivity (Wildman–Crippen MR) is 58.4 cm³/mol. The highest BCUT2D eigenvalue weighted by Crippen LogP contribution is 2.44. The molecule has 0 radical (unpaired) electrons. The molecule has 2 rings (SSSR count). The number of ether oxygens (including phenoxy) is 1. The Hall–Kier alpha value is -0.0800. The van der Waals surface area contributed by atoms with Crippen LogP contribution in [0.3, 0.4) is 0 Å². The maximum absolute atomic E-state index is 5.47. The quantitative estimate of drug-likeness (QED) is 0.672. The fourth-order valence-electron chi connectivity index (χ4n) is 3.45. The lowest BCUT2D eigenvalue weighted by Crippen LogP contribution is -2.69. The molecule has 14 heavy (non-hydrogen) atoms. The second-order valence-electron chi connectivity index (χ2n) is 4.99. The SMILES string of the molecule is CCC1CCN(C)C2(COC2)C1CC. The molecule has 0 aromatic heterocycles. The van der Waals surface area contributed by atoms with Gasteiger partial charge in [0.1, 0.15) is 0 Å².